The van der Waals surface area contributed by atoms with Crippen LogP contribution in [-0.4, -0.2) is 45.6 Å². The molecule has 1 aromatic carbocycles. The lowest BCUT2D eigenvalue weighted by atomic mass is 9.98. The zero-order valence-corrected chi connectivity index (χ0v) is 19.1. The van der Waals surface area contributed by atoms with Crippen molar-refractivity contribution in [3.8, 4) is 0 Å². The fraction of sp³-hybridized carbons (Fsp3) is 0.458. The highest BCUT2D eigenvalue weighted by Gasteiger charge is 2.27. The highest BCUT2D eigenvalue weighted by atomic mass is 32.1. The minimum absolute atomic E-state index is 0.0380. The number of thiophene rings is 1. The van der Waals surface area contributed by atoms with Crippen molar-refractivity contribution in [3.05, 3.63) is 52.7 Å². The van der Waals surface area contributed by atoms with Crippen LogP contribution in [0.4, 0.5) is 0 Å². The van der Waals surface area contributed by atoms with Crippen LogP contribution in [0.5, 0.6) is 0 Å². The van der Waals surface area contributed by atoms with Gasteiger partial charge in [0, 0.05) is 42.6 Å². The summed E-state index contributed by atoms with van der Waals surface area (Å²) < 4.78 is 3.01. The van der Waals surface area contributed by atoms with Gasteiger partial charge in [-0.1, -0.05) is 31.0 Å². The first-order chi connectivity index (χ1) is 15.0. The Hall–Kier alpha value is -2.67. The van der Waals surface area contributed by atoms with Crippen LogP contribution in [0.2, 0.25) is 0 Å². The number of fused-ring (bicyclic) bond motifs is 1. The summed E-state index contributed by atoms with van der Waals surface area (Å²) >= 11 is 1.55. The Morgan fingerprint density at radius 1 is 1.19 bits per heavy atom. The molecule has 1 aliphatic heterocycles. The van der Waals surface area contributed by atoms with Crippen molar-refractivity contribution in [2.75, 3.05) is 13.1 Å². The van der Waals surface area contributed by atoms with Crippen molar-refractivity contribution in [3.63, 3.8) is 0 Å². The summed E-state index contributed by atoms with van der Waals surface area (Å²) in [7, 11) is 0. The second-order valence-electron chi connectivity index (χ2n) is 8.28. The first-order valence-corrected chi connectivity index (χ1v) is 11.9. The molecule has 0 bridgehead atoms. The molecule has 4 rings (SSSR count). The highest BCUT2D eigenvalue weighted by molar-refractivity contribution is 7.21. The van der Waals surface area contributed by atoms with Crippen LogP contribution in [-0.2, 0) is 17.8 Å². The molecular weight excluding hydrogens is 408 g/mol. The van der Waals surface area contributed by atoms with Crippen LogP contribution in [0.1, 0.15) is 53.5 Å². The van der Waals surface area contributed by atoms with Crippen molar-refractivity contribution >= 4 is 33.2 Å². The first-order valence-electron chi connectivity index (χ1n) is 11.1. The maximum absolute atomic E-state index is 13.2. The quantitative estimate of drug-likeness (QED) is 0.628. The van der Waals surface area contributed by atoms with Gasteiger partial charge in [-0.05, 0) is 49.3 Å². The Kier molecular flexibility index (Phi) is 6.70. The van der Waals surface area contributed by atoms with Crippen molar-refractivity contribution in [2.24, 2.45) is 0 Å². The van der Waals surface area contributed by atoms with Gasteiger partial charge in [0.15, 0.2) is 0 Å². The Balaban J connectivity index is 1.57. The highest BCUT2D eigenvalue weighted by Crippen LogP contribution is 2.34. The molecular formula is C24H30N4O2S. The molecule has 1 atom stereocenters. The van der Waals surface area contributed by atoms with Crippen molar-refractivity contribution in [1.82, 2.24) is 20.0 Å². The zero-order chi connectivity index (χ0) is 21.8. The minimum atomic E-state index is -0.0380. The van der Waals surface area contributed by atoms with E-state index >= 15 is 0 Å². The summed E-state index contributed by atoms with van der Waals surface area (Å²) in [6, 6.07) is 10.3. The number of carbonyl (C=O) groups excluding carboxylic acids is 2. The Bertz CT molecular complexity index is 1070. The third kappa shape index (κ3) is 4.82. The predicted octanol–water partition coefficient (Wildman–Crippen LogP) is 4.17. The Morgan fingerprint density at radius 3 is 2.81 bits per heavy atom. The molecule has 0 radical (unpaired) electrons. The molecule has 2 amide bonds. The van der Waals surface area contributed by atoms with E-state index in [1.807, 2.05) is 34.7 Å². The monoisotopic (exact) mass is 438 g/mol. The van der Waals surface area contributed by atoms with Gasteiger partial charge >= 0.3 is 0 Å². The average Bonchev–Trinajstić information content (AvgIpc) is 3.23. The molecule has 1 aliphatic rings. The fourth-order valence-corrected chi connectivity index (χ4v) is 5.66. The molecule has 1 N–H and O–H groups in total. The molecule has 2 aromatic heterocycles. The summed E-state index contributed by atoms with van der Waals surface area (Å²) in [5, 5.41) is 8.49. The smallest absolute Gasteiger partial charge is 0.261 e. The van der Waals surface area contributed by atoms with Crippen LogP contribution >= 0.6 is 11.3 Å². The summed E-state index contributed by atoms with van der Waals surface area (Å²) in [5.74, 6) is 0.0936. The topological polar surface area (TPSA) is 67.2 Å². The van der Waals surface area contributed by atoms with Gasteiger partial charge in [0.1, 0.15) is 0 Å². The molecule has 0 saturated carbocycles. The third-order valence-corrected chi connectivity index (χ3v) is 7.38. The van der Waals surface area contributed by atoms with Gasteiger partial charge < -0.3 is 10.2 Å². The number of amides is 2. The maximum Gasteiger partial charge on any atom is 0.261 e. The number of hydrogen-bond donors (Lipinski definition) is 1. The van der Waals surface area contributed by atoms with Crippen LogP contribution in [0, 0.1) is 6.92 Å². The van der Waals surface area contributed by atoms with Crippen LogP contribution in [0.25, 0.3) is 10.1 Å². The van der Waals surface area contributed by atoms with E-state index in [9.17, 15) is 9.59 Å². The molecule has 3 aromatic rings. The van der Waals surface area contributed by atoms with Crippen molar-refractivity contribution in [1.29, 1.82) is 0 Å². The van der Waals surface area contributed by atoms with E-state index in [4.69, 9.17) is 0 Å². The average molecular weight is 439 g/mol. The SMILES string of the molecule is CC(=O)N1CCCCC[C@@H]1Cc1c(C(=O)NCCn2nccc2C)sc2ccccc12. The normalized spacial score (nSPS) is 17.0. The van der Waals surface area contributed by atoms with Crippen LogP contribution in [0.15, 0.2) is 36.5 Å². The Labute approximate surface area is 187 Å². The number of rotatable bonds is 6. The van der Waals surface area contributed by atoms with E-state index in [0.29, 0.717) is 13.1 Å². The number of aromatic nitrogens is 2. The molecule has 1 fully saturated rings. The largest absolute Gasteiger partial charge is 0.349 e. The van der Waals surface area contributed by atoms with Gasteiger partial charge in [-0.15, -0.1) is 11.3 Å². The number of aryl methyl sites for hydroxylation is 1. The van der Waals surface area contributed by atoms with Crippen molar-refractivity contribution < 1.29 is 9.59 Å². The van der Waals surface area contributed by atoms with E-state index in [-0.39, 0.29) is 17.9 Å². The lowest BCUT2D eigenvalue weighted by Gasteiger charge is -2.29. The molecule has 0 spiro atoms. The van der Waals surface area contributed by atoms with Gasteiger partial charge in [-0.25, -0.2) is 0 Å². The summed E-state index contributed by atoms with van der Waals surface area (Å²) in [5.41, 5.74) is 2.15. The number of nitrogens with one attached hydrogen (secondary N) is 1. The second kappa shape index (κ2) is 9.64. The van der Waals surface area contributed by atoms with Crippen LogP contribution in [0.3, 0.4) is 0 Å². The minimum Gasteiger partial charge on any atom is -0.349 e. The van der Waals surface area contributed by atoms with E-state index in [1.165, 1.54) is 0 Å². The number of carbonyl (C=O) groups is 2. The van der Waals surface area contributed by atoms with E-state index in [2.05, 4.69) is 22.5 Å². The first kappa shape index (κ1) is 21.6. The van der Waals surface area contributed by atoms with Gasteiger partial charge in [0.05, 0.1) is 11.4 Å². The van der Waals surface area contributed by atoms with E-state index < -0.39 is 0 Å². The number of benzene rings is 1. The van der Waals surface area contributed by atoms with Gasteiger partial charge in [-0.2, -0.15) is 5.10 Å². The Morgan fingerprint density at radius 2 is 2.03 bits per heavy atom. The molecule has 0 unspecified atom stereocenters. The molecule has 3 heterocycles. The number of likely N-dealkylation sites (tertiary alicyclic amines) is 1. The number of hydrogen-bond acceptors (Lipinski definition) is 4. The molecule has 164 valence electrons. The van der Waals surface area contributed by atoms with Crippen molar-refractivity contribution in [2.45, 2.75) is 58.5 Å². The number of nitrogens with zero attached hydrogens (tertiary/aromatic N) is 3. The molecule has 6 nitrogen and oxygen atoms in total. The molecule has 31 heavy (non-hydrogen) atoms. The van der Waals surface area contributed by atoms with E-state index in [1.54, 1.807) is 24.5 Å². The lowest BCUT2D eigenvalue weighted by Crippen LogP contribution is -2.40. The summed E-state index contributed by atoms with van der Waals surface area (Å²) in [4.78, 5) is 28.2. The standard InChI is InChI=1S/C24H30N4O2S/c1-17-11-12-26-28(17)15-13-25-24(30)23-21(20-9-5-6-10-22(20)31-23)16-19-8-4-3-7-14-27(19)18(2)29/h5-6,9-12,19H,3-4,7-8,13-16H2,1-2H3,(H,25,30)/t19-/m1/s1. The van der Waals surface area contributed by atoms with Gasteiger partial charge in [0.2, 0.25) is 5.91 Å². The summed E-state index contributed by atoms with van der Waals surface area (Å²) in [6.07, 6.45) is 6.83. The molecule has 0 aliphatic carbocycles. The van der Waals surface area contributed by atoms with Gasteiger partial charge in [0.25, 0.3) is 5.91 Å². The molecule has 1 saturated heterocycles. The fourth-order valence-electron chi connectivity index (χ4n) is 4.51. The molecule has 7 heteroatoms. The second-order valence-corrected chi connectivity index (χ2v) is 9.33. The van der Waals surface area contributed by atoms with E-state index in [0.717, 1.165) is 64.9 Å². The maximum atomic E-state index is 13.2. The summed E-state index contributed by atoms with van der Waals surface area (Å²) in [6.45, 7) is 5.65. The predicted molar refractivity (Wildman–Crippen MR) is 124 cm³/mol. The third-order valence-electron chi connectivity index (χ3n) is 6.16. The zero-order valence-electron chi connectivity index (χ0n) is 18.3. The van der Waals surface area contributed by atoms with Crippen LogP contribution < -0.4 is 5.32 Å². The van der Waals surface area contributed by atoms with Gasteiger partial charge in [-0.3, -0.25) is 14.3 Å². The lowest BCUT2D eigenvalue weighted by molar-refractivity contribution is -0.131.